The van der Waals surface area contributed by atoms with E-state index in [2.05, 4.69) is 31.4 Å². The molecule has 35 heavy (non-hydrogen) atoms. The fourth-order valence-electron chi connectivity index (χ4n) is 3.43. The van der Waals surface area contributed by atoms with Crippen molar-refractivity contribution in [3.05, 3.63) is 94.0 Å². The predicted molar refractivity (Wildman–Crippen MR) is 140 cm³/mol. The topological polar surface area (TPSA) is 69.0 Å². The van der Waals surface area contributed by atoms with Gasteiger partial charge in [0, 0.05) is 10.2 Å². The van der Waals surface area contributed by atoms with E-state index >= 15 is 0 Å². The normalized spacial score (nSPS) is 11.8. The lowest BCUT2D eigenvalue weighted by molar-refractivity contribution is -0.113. The van der Waals surface area contributed by atoms with E-state index in [9.17, 15) is 9.18 Å². The lowest BCUT2D eigenvalue weighted by Gasteiger charge is -2.17. The molecule has 0 saturated carbocycles. The second kappa shape index (κ2) is 11.0. The number of benzene rings is 3. The zero-order valence-corrected chi connectivity index (χ0v) is 21.9. The van der Waals surface area contributed by atoms with Gasteiger partial charge in [-0.1, -0.05) is 42.1 Å². The maximum Gasteiger partial charge on any atom is 0.234 e. The molecule has 4 aromatic rings. The minimum atomic E-state index is -0.589. The first-order chi connectivity index (χ1) is 16.8. The highest BCUT2D eigenvalue weighted by Crippen LogP contribution is 2.30. The van der Waals surface area contributed by atoms with Crippen LogP contribution in [0.3, 0.4) is 0 Å². The van der Waals surface area contributed by atoms with Gasteiger partial charge in [-0.25, -0.2) is 4.39 Å². The van der Waals surface area contributed by atoms with Crippen LogP contribution in [0.2, 0.25) is 0 Å². The summed E-state index contributed by atoms with van der Waals surface area (Å²) in [7, 11) is 0. The summed E-state index contributed by atoms with van der Waals surface area (Å²) in [5, 5.41) is 12.1. The third-order valence-corrected chi connectivity index (χ3v) is 6.95. The Kier molecular flexibility index (Phi) is 7.87. The number of aryl methyl sites for hydroxylation is 2. The molecule has 0 spiro atoms. The summed E-state index contributed by atoms with van der Waals surface area (Å²) in [6, 6.07) is 19.7. The van der Waals surface area contributed by atoms with Crippen molar-refractivity contribution in [2.75, 3.05) is 11.1 Å². The van der Waals surface area contributed by atoms with Crippen LogP contribution in [-0.4, -0.2) is 26.4 Å². The van der Waals surface area contributed by atoms with E-state index < -0.39 is 11.9 Å². The number of ether oxygens (including phenoxy) is 1. The number of rotatable bonds is 8. The Hall–Kier alpha value is -3.17. The van der Waals surface area contributed by atoms with Crippen LogP contribution < -0.4 is 10.1 Å². The molecular weight excluding hydrogens is 531 g/mol. The van der Waals surface area contributed by atoms with E-state index in [0.717, 1.165) is 27.0 Å². The molecule has 1 heterocycles. The van der Waals surface area contributed by atoms with Crippen molar-refractivity contribution < 1.29 is 13.9 Å². The van der Waals surface area contributed by atoms with Gasteiger partial charge >= 0.3 is 0 Å². The Balaban J connectivity index is 1.55. The fraction of sp³-hybridized carbons (Fsp3) is 0.192. The minimum Gasteiger partial charge on any atom is -0.480 e. The highest BCUT2D eigenvalue weighted by molar-refractivity contribution is 9.10. The Morgan fingerprint density at radius 3 is 2.51 bits per heavy atom. The molecule has 0 radical (unpaired) electrons. The van der Waals surface area contributed by atoms with Crippen LogP contribution in [0, 0.1) is 19.7 Å². The number of nitrogens with zero attached hydrogens (tertiary/aromatic N) is 3. The molecule has 1 unspecified atom stereocenters. The number of aromatic nitrogens is 3. The number of hydrogen-bond donors (Lipinski definition) is 1. The van der Waals surface area contributed by atoms with Gasteiger partial charge in [-0.2, -0.15) is 0 Å². The number of anilines is 1. The van der Waals surface area contributed by atoms with E-state index in [0.29, 0.717) is 11.0 Å². The van der Waals surface area contributed by atoms with Crippen LogP contribution in [0.25, 0.3) is 5.69 Å². The van der Waals surface area contributed by atoms with Gasteiger partial charge < -0.3 is 10.1 Å². The average molecular weight is 555 g/mol. The summed E-state index contributed by atoms with van der Waals surface area (Å²) < 4.78 is 22.6. The average Bonchev–Trinajstić information content (AvgIpc) is 3.27. The number of amides is 1. The SMILES string of the molecule is Cc1cc(Br)c(NC(=O)CSc2nnc(C(C)Oc3ccccc3F)n2-c2ccccc2)cc1C. The lowest BCUT2D eigenvalue weighted by Crippen LogP contribution is -2.16. The number of halogens is 2. The monoisotopic (exact) mass is 554 g/mol. The molecule has 1 aromatic heterocycles. The summed E-state index contributed by atoms with van der Waals surface area (Å²) in [6.07, 6.45) is -0.589. The van der Waals surface area contributed by atoms with Gasteiger partial charge in [0.1, 0.15) is 0 Å². The molecular formula is C26H24BrFN4O2S. The first-order valence-electron chi connectivity index (χ1n) is 10.9. The number of carbonyl (C=O) groups excluding carboxylic acids is 1. The third-order valence-electron chi connectivity index (χ3n) is 5.37. The van der Waals surface area contributed by atoms with Gasteiger partial charge in [0.05, 0.1) is 11.4 Å². The van der Waals surface area contributed by atoms with Gasteiger partial charge in [0.15, 0.2) is 28.7 Å². The molecule has 3 aromatic carbocycles. The Morgan fingerprint density at radius 1 is 1.09 bits per heavy atom. The van der Waals surface area contributed by atoms with Crippen molar-refractivity contribution in [1.82, 2.24) is 14.8 Å². The van der Waals surface area contributed by atoms with Gasteiger partial charge in [0.25, 0.3) is 0 Å². The second-order valence-electron chi connectivity index (χ2n) is 7.96. The van der Waals surface area contributed by atoms with Crippen LogP contribution in [-0.2, 0) is 4.79 Å². The molecule has 0 aliphatic carbocycles. The predicted octanol–water partition coefficient (Wildman–Crippen LogP) is 6.66. The molecule has 180 valence electrons. The highest BCUT2D eigenvalue weighted by atomic mass is 79.9. The highest BCUT2D eigenvalue weighted by Gasteiger charge is 2.22. The molecule has 1 N–H and O–H groups in total. The third kappa shape index (κ3) is 5.91. The van der Waals surface area contributed by atoms with Crippen molar-refractivity contribution in [2.24, 2.45) is 0 Å². The molecule has 1 atom stereocenters. The van der Waals surface area contributed by atoms with Crippen LogP contribution in [0.1, 0.15) is 30.0 Å². The first kappa shape index (κ1) is 24.9. The minimum absolute atomic E-state index is 0.132. The standard InChI is InChI=1S/C26H24BrFN4O2S/c1-16-13-20(27)22(14-17(16)2)29-24(33)15-35-26-31-30-25(32(26)19-9-5-4-6-10-19)18(3)34-23-12-8-7-11-21(23)28/h4-14,18H,15H2,1-3H3,(H,29,33). The van der Waals surface area contributed by atoms with Gasteiger partial charge in [-0.15, -0.1) is 10.2 Å². The van der Waals surface area contributed by atoms with Gasteiger partial charge in [0.2, 0.25) is 5.91 Å². The molecule has 0 fully saturated rings. The van der Waals surface area contributed by atoms with Crippen molar-refractivity contribution in [1.29, 1.82) is 0 Å². The smallest absolute Gasteiger partial charge is 0.234 e. The number of para-hydroxylation sites is 2. The van der Waals surface area contributed by atoms with Crippen molar-refractivity contribution in [2.45, 2.75) is 32.0 Å². The Labute approximate surface area is 216 Å². The number of carbonyl (C=O) groups is 1. The summed E-state index contributed by atoms with van der Waals surface area (Å²) >= 11 is 4.77. The fourth-order valence-corrected chi connectivity index (χ4v) is 4.75. The van der Waals surface area contributed by atoms with Crippen LogP contribution in [0.5, 0.6) is 5.75 Å². The zero-order chi connectivity index (χ0) is 24.9. The summed E-state index contributed by atoms with van der Waals surface area (Å²) in [5.41, 5.74) is 3.76. The quantitative estimate of drug-likeness (QED) is 0.247. The maximum atomic E-state index is 14.1. The Morgan fingerprint density at radius 2 is 1.77 bits per heavy atom. The van der Waals surface area contributed by atoms with Crippen LogP contribution in [0.4, 0.5) is 10.1 Å². The van der Waals surface area contributed by atoms with Crippen molar-refractivity contribution in [3.63, 3.8) is 0 Å². The molecule has 0 bridgehead atoms. The Bertz CT molecular complexity index is 1350. The summed E-state index contributed by atoms with van der Waals surface area (Å²) in [6.45, 7) is 5.81. The van der Waals surface area contributed by atoms with Crippen LogP contribution in [0.15, 0.2) is 76.4 Å². The largest absolute Gasteiger partial charge is 0.480 e. The van der Waals surface area contributed by atoms with E-state index in [1.165, 1.54) is 17.8 Å². The molecule has 0 saturated heterocycles. The van der Waals surface area contributed by atoms with E-state index in [1.807, 2.05) is 60.9 Å². The molecule has 1 amide bonds. The number of thioether (sulfide) groups is 1. The maximum absolute atomic E-state index is 14.1. The zero-order valence-electron chi connectivity index (χ0n) is 19.5. The molecule has 9 heteroatoms. The molecule has 4 rings (SSSR count). The summed E-state index contributed by atoms with van der Waals surface area (Å²) in [4.78, 5) is 12.7. The first-order valence-corrected chi connectivity index (χ1v) is 12.7. The molecule has 0 aliphatic heterocycles. The van der Waals surface area contributed by atoms with Crippen molar-refractivity contribution in [3.8, 4) is 11.4 Å². The number of hydrogen-bond acceptors (Lipinski definition) is 5. The van der Waals surface area contributed by atoms with Crippen LogP contribution >= 0.6 is 27.7 Å². The second-order valence-corrected chi connectivity index (χ2v) is 9.75. The van der Waals surface area contributed by atoms with Gasteiger partial charge in [-0.05, 0) is 84.2 Å². The van der Waals surface area contributed by atoms with E-state index in [4.69, 9.17) is 4.74 Å². The van der Waals surface area contributed by atoms with E-state index in [-0.39, 0.29) is 17.4 Å². The summed E-state index contributed by atoms with van der Waals surface area (Å²) in [5.74, 6) is 0.148. The number of nitrogens with one attached hydrogen (secondary N) is 1. The van der Waals surface area contributed by atoms with E-state index in [1.54, 1.807) is 25.1 Å². The molecule has 6 nitrogen and oxygen atoms in total. The van der Waals surface area contributed by atoms with Crippen molar-refractivity contribution >= 4 is 39.3 Å². The molecule has 0 aliphatic rings. The van der Waals surface area contributed by atoms with Gasteiger partial charge in [-0.3, -0.25) is 9.36 Å². The lowest BCUT2D eigenvalue weighted by atomic mass is 10.1.